The van der Waals surface area contributed by atoms with Crippen molar-refractivity contribution < 1.29 is 4.79 Å². The average Bonchev–Trinajstić information content (AvgIpc) is 3.26. The molecule has 4 nitrogen and oxygen atoms in total. The molecule has 1 spiro atoms. The molecule has 0 aromatic carbocycles. The molecule has 2 heterocycles. The quantitative estimate of drug-likeness (QED) is 0.750. The second-order valence-electron chi connectivity index (χ2n) is 9.48. The molecule has 1 N–H and O–H groups in total. The number of nitrogens with one attached hydrogen (secondary N) is 1. The van der Waals surface area contributed by atoms with Gasteiger partial charge in [0.25, 0.3) is 0 Å². The molecule has 2 saturated carbocycles. The summed E-state index contributed by atoms with van der Waals surface area (Å²) in [7, 11) is 2.31. The Morgan fingerprint density at radius 2 is 1.67 bits per heavy atom. The molecule has 2 saturated heterocycles. The Bertz CT molecular complexity index is 468. The monoisotopic (exact) mass is 419 g/mol. The molecule has 0 bridgehead atoms. The Hall–Kier alpha value is -0.0300. The number of carbonyl (C=O) groups is 1. The fourth-order valence-electron chi connectivity index (χ4n) is 6.17. The normalized spacial score (nSPS) is 29.2. The number of amides is 1. The highest BCUT2D eigenvalue weighted by Gasteiger charge is 2.39. The molecule has 2 aliphatic carbocycles. The third-order valence-corrected chi connectivity index (χ3v) is 7.85. The van der Waals surface area contributed by atoms with Crippen LogP contribution < -0.4 is 5.32 Å². The molecule has 0 aromatic rings. The van der Waals surface area contributed by atoms with Gasteiger partial charge in [0.2, 0.25) is 5.91 Å². The minimum atomic E-state index is 0. The summed E-state index contributed by atoms with van der Waals surface area (Å²) in [6.07, 6.45) is 14.3. The standard InChI is InChI=1S/C21H37N3O.2ClH/c1-23(18-6-8-21(9-7-18)10-12-22-13-11-21)15-17-14-20(25)24(16-17)19-4-2-3-5-19;;/h17-19,22H,2-16H2,1H3;2*1H. The Morgan fingerprint density at radius 3 is 2.30 bits per heavy atom. The first-order valence-electron chi connectivity index (χ1n) is 10.9. The molecule has 27 heavy (non-hydrogen) atoms. The number of hydrogen-bond acceptors (Lipinski definition) is 3. The Balaban J connectivity index is 0.00000131. The molecule has 0 radical (unpaired) electrons. The lowest BCUT2D eigenvalue weighted by molar-refractivity contribution is -0.129. The van der Waals surface area contributed by atoms with Gasteiger partial charge in [-0.15, -0.1) is 24.8 Å². The van der Waals surface area contributed by atoms with Crippen LogP contribution in [0.5, 0.6) is 0 Å². The number of rotatable bonds is 4. The second-order valence-corrected chi connectivity index (χ2v) is 9.48. The Labute approximate surface area is 178 Å². The van der Waals surface area contributed by atoms with Crippen LogP contribution in [0.15, 0.2) is 0 Å². The summed E-state index contributed by atoms with van der Waals surface area (Å²) in [5, 5.41) is 3.52. The molecule has 1 amide bonds. The van der Waals surface area contributed by atoms with Crippen LogP contribution in [0.1, 0.15) is 70.6 Å². The zero-order valence-corrected chi connectivity index (χ0v) is 18.6. The molecular formula is C21H39Cl2N3O. The van der Waals surface area contributed by atoms with Gasteiger partial charge < -0.3 is 15.1 Å². The number of likely N-dealkylation sites (tertiary alicyclic amines) is 1. The summed E-state index contributed by atoms with van der Waals surface area (Å²) in [6.45, 7) is 4.59. The predicted octanol–water partition coefficient (Wildman–Crippen LogP) is 3.87. The van der Waals surface area contributed by atoms with Gasteiger partial charge in [0.05, 0.1) is 0 Å². The van der Waals surface area contributed by atoms with Crippen molar-refractivity contribution in [1.29, 1.82) is 0 Å². The van der Waals surface area contributed by atoms with E-state index in [9.17, 15) is 4.79 Å². The van der Waals surface area contributed by atoms with Crippen molar-refractivity contribution in [3.05, 3.63) is 0 Å². The van der Waals surface area contributed by atoms with Crippen LogP contribution in [-0.4, -0.2) is 61.0 Å². The van der Waals surface area contributed by atoms with Crippen LogP contribution in [0.4, 0.5) is 0 Å². The number of nitrogens with zero attached hydrogens (tertiary/aromatic N) is 2. The SMILES string of the molecule is CN(CC1CC(=O)N(C2CCCC2)C1)C1CCC2(CCNCC2)CC1.Cl.Cl. The van der Waals surface area contributed by atoms with E-state index in [0.717, 1.165) is 25.6 Å². The molecule has 158 valence electrons. The van der Waals surface area contributed by atoms with E-state index < -0.39 is 0 Å². The minimum absolute atomic E-state index is 0. The van der Waals surface area contributed by atoms with E-state index in [1.165, 1.54) is 77.3 Å². The number of hydrogen-bond donors (Lipinski definition) is 1. The lowest BCUT2D eigenvalue weighted by Crippen LogP contribution is -2.44. The molecule has 1 atom stereocenters. The van der Waals surface area contributed by atoms with Gasteiger partial charge in [0.15, 0.2) is 0 Å². The maximum absolute atomic E-state index is 12.4. The predicted molar refractivity (Wildman–Crippen MR) is 116 cm³/mol. The van der Waals surface area contributed by atoms with Crippen molar-refractivity contribution in [2.24, 2.45) is 11.3 Å². The zero-order chi connectivity index (χ0) is 17.3. The van der Waals surface area contributed by atoms with E-state index in [-0.39, 0.29) is 24.8 Å². The highest BCUT2D eigenvalue weighted by molar-refractivity contribution is 5.85. The number of halogens is 2. The summed E-state index contributed by atoms with van der Waals surface area (Å²) >= 11 is 0. The Kier molecular flexibility index (Phi) is 8.73. The van der Waals surface area contributed by atoms with Gasteiger partial charge in [-0.25, -0.2) is 0 Å². The van der Waals surface area contributed by atoms with Gasteiger partial charge in [0, 0.05) is 31.6 Å². The summed E-state index contributed by atoms with van der Waals surface area (Å²) in [6, 6.07) is 1.31. The third-order valence-electron chi connectivity index (χ3n) is 7.85. The van der Waals surface area contributed by atoms with E-state index in [1.54, 1.807) is 0 Å². The third kappa shape index (κ3) is 5.32. The molecule has 6 heteroatoms. The van der Waals surface area contributed by atoms with E-state index >= 15 is 0 Å². The van der Waals surface area contributed by atoms with E-state index in [4.69, 9.17) is 0 Å². The summed E-state index contributed by atoms with van der Waals surface area (Å²) in [4.78, 5) is 17.3. The zero-order valence-electron chi connectivity index (χ0n) is 17.0. The van der Waals surface area contributed by atoms with Gasteiger partial charge in [0.1, 0.15) is 0 Å². The fraction of sp³-hybridized carbons (Fsp3) is 0.952. The molecule has 0 aromatic heterocycles. The minimum Gasteiger partial charge on any atom is -0.339 e. The maximum Gasteiger partial charge on any atom is 0.223 e. The molecule has 2 aliphatic heterocycles. The summed E-state index contributed by atoms with van der Waals surface area (Å²) in [5.74, 6) is 0.996. The highest BCUT2D eigenvalue weighted by atomic mass is 35.5. The van der Waals surface area contributed by atoms with Crippen LogP contribution in [0.3, 0.4) is 0 Å². The molecule has 4 rings (SSSR count). The first-order valence-corrected chi connectivity index (χ1v) is 10.9. The first kappa shape index (κ1) is 23.3. The average molecular weight is 420 g/mol. The van der Waals surface area contributed by atoms with Crippen LogP contribution in [-0.2, 0) is 4.79 Å². The van der Waals surface area contributed by atoms with Crippen molar-refractivity contribution in [2.45, 2.75) is 82.7 Å². The summed E-state index contributed by atoms with van der Waals surface area (Å²) in [5.41, 5.74) is 0.658. The van der Waals surface area contributed by atoms with Crippen molar-refractivity contribution in [3.63, 3.8) is 0 Å². The number of piperidine rings is 1. The lowest BCUT2D eigenvalue weighted by atomic mass is 9.67. The van der Waals surface area contributed by atoms with Crippen LogP contribution in [0.25, 0.3) is 0 Å². The van der Waals surface area contributed by atoms with Crippen molar-refractivity contribution in [2.75, 3.05) is 33.2 Å². The van der Waals surface area contributed by atoms with Gasteiger partial charge in [-0.2, -0.15) is 0 Å². The van der Waals surface area contributed by atoms with E-state index in [2.05, 4.69) is 22.2 Å². The van der Waals surface area contributed by atoms with Crippen molar-refractivity contribution in [3.8, 4) is 0 Å². The van der Waals surface area contributed by atoms with Crippen LogP contribution in [0.2, 0.25) is 0 Å². The van der Waals surface area contributed by atoms with Gasteiger partial charge in [-0.05, 0) is 82.8 Å². The van der Waals surface area contributed by atoms with Crippen molar-refractivity contribution in [1.82, 2.24) is 15.1 Å². The van der Waals surface area contributed by atoms with Gasteiger partial charge in [-0.1, -0.05) is 12.8 Å². The van der Waals surface area contributed by atoms with E-state index in [0.29, 0.717) is 23.3 Å². The first-order chi connectivity index (χ1) is 12.2. The molecular weight excluding hydrogens is 381 g/mol. The van der Waals surface area contributed by atoms with Crippen molar-refractivity contribution >= 4 is 30.7 Å². The largest absolute Gasteiger partial charge is 0.339 e. The number of carbonyl (C=O) groups excluding carboxylic acids is 1. The topological polar surface area (TPSA) is 35.6 Å². The second kappa shape index (κ2) is 10.1. The Morgan fingerprint density at radius 1 is 1.04 bits per heavy atom. The summed E-state index contributed by atoms with van der Waals surface area (Å²) < 4.78 is 0. The lowest BCUT2D eigenvalue weighted by Gasteiger charge is -2.45. The fourth-order valence-corrected chi connectivity index (χ4v) is 6.17. The highest BCUT2D eigenvalue weighted by Crippen LogP contribution is 2.44. The van der Waals surface area contributed by atoms with Gasteiger partial charge >= 0.3 is 0 Å². The van der Waals surface area contributed by atoms with Gasteiger partial charge in [-0.3, -0.25) is 4.79 Å². The maximum atomic E-state index is 12.4. The molecule has 4 fully saturated rings. The van der Waals surface area contributed by atoms with Crippen LogP contribution in [0, 0.1) is 11.3 Å². The molecule has 1 unspecified atom stereocenters. The van der Waals surface area contributed by atoms with E-state index in [1.807, 2.05) is 0 Å². The molecule has 4 aliphatic rings. The smallest absolute Gasteiger partial charge is 0.223 e. The van der Waals surface area contributed by atoms with Crippen LogP contribution >= 0.6 is 24.8 Å².